The van der Waals surface area contributed by atoms with Gasteiger partial charge in [-0.15, -0.1) is 6.58 Å². The Morgan fingerprint density at radius 1 is 1.20 bits per heavy atom. The molecule has 6 heteroatoms. The van der Waals surface area contributed by atoms with Crippen LogP contribution in [0.15, 0.2) is 66.2 Å². The van der Waals surface area contributed by atoms with Gasteiger partial charge in [0.1, 0.15) is 10.9 Å². The molecular weight excluding hydrogens is 510 g/mol. The summed E-state index contributed by atoms with van der Waals surface area (Å²) in [6.45, 7) is 15.4. The van der Waals surface area contributed by atoms with Crippen molar-refractivity contribution in [2.75, 3.05) is 37.7 Å². The van der Waals surface area contributed by atoms with E-state index < -0.39 is 0 Å². The number of nitrogen functional groups attached to an aromatic ring is 1. The number of quaternary nitrogens is 1. The van der Waals surface area contributed by atoms with E-state index in [4.69, 9.17) is 5.73 Å². The Kier molecular flexibility index (Phi) is 10.3. The fourth-order valence-corrected chi connectivity index (χ4v) is 7.07. The number of rotatable bonds is 6. The SMILES string of the molecule is C=CCC(c1ccc2c(c1)C2)c1ccc(NCC)c(N)c1C.CC.C[N+]12CCCCC1CNSc1cccnc12. The van der Waals surface area contributed by atoms with Gasteiger partial charge in [0, 0.05) is 25.1 Å². The molecule has 0 spiro atoms. The lowest BCUT2D eigenvalue weighted by molar-refractivity contribution is 0.184. The Labute approximate surface area is 246 Å². The molecule has 3 aliphatic rings. The average molecular weight is 559 g/mol. The first-order chi connectivity index (χ1) is 19.5. The molecule has 214 valence electrons. The molecule has 1 fully saturated rings. The van der Waals surface area contributed by atoms with Crippen LogP contribution in [0.25, 0.3) is 0 Å². The lowest BCUT2D eigenvalue weighted by atomic mass is 9.85. The molecule has 3 atom stereocenters. The highest BCUT2D eigenvalue weighted by Crippen LogP contribution is 2.40. The molecule has 1 aliphatic carbocycles. The van der Waals surface area contributed by atoms with Crippen molar-refractivity contribution in [1.82, 2.24) is 14.2 Å². The summed E-state index contributed by atoms with van der Waals surface area (Å²) in [7, 11) is 2.35. The maximum absolute atomic E-state index is 6.33. The summed E-state index contributed by atoms with van der Waals surface area (Å²) in [5.74, 6) is 1.60. The number of benzene rings is 2. The Balaban J connectivity index is 0.000000181. The van der Waals surface area contributed by atoms with Crippen molar-refractivity contribution in [3.63, 3.8) is 0 Å². The van der Waals surface area contributed by atoms with Gasteiger partial charge in [-0.05, 0) is 97.5 Å². The number of hydrogen-bond acceptors (Lipinski definition) is 5. The standard InChI is InChI=1S/C20H24N2.C12H18N3S.C2H6/c1-4-6-18(15-8-7-14-11-16(14)12-15)17-9-10-19(22-5-2)20(21)13(17)3;1-15-8-3-2-5-10(15)9-14-16-11-6-4-7-13-12(11)15;1-2/h4,7-10,12,18,22H,1,5-6,11,21H2,2-3H3;4,6-7,10,14H,2-3,5,8-9H2,1H3;1-2H3/q;+1;. The number of nitrogens with one attached hydrogen (secondary N) is 2. The minimum absolute atomic E-state index is 0.335. The number of hydrogen-bond donors (Lipinski definition) is 3. The molecule has 2 aromatic carbocycles. The van der Waals surface area contributed by atoms with Crippen LogP contribution in [-0.2, 0) is 6.42 Å². The number of nitrogens with zero attached hydrogens (tertiary/aromatic N) is 2. The van der Waals surface area contributed by atoms with E-state index in [-0.39, 0.29) is 0 Å². The molecular formula is C34H48N5S+. The molecule has 1 saturated heterocycles. The van der Waals surface area contributed by atoms with Crippen LogP contribution in [0.4, 0.5) is 17.2 Å². The van der Waals surface area contributed by atoms with Crippen LogP contribution in [0, 0.1) is 6.92 Å². The van der Waals surface area contributed by atoms with E-state index in [9.17, 15) is 0 Å². The minimum atomic E-state index is 0.335. The summed E-state index contributed by atoms with van der Waals surface area (Å²) in [5, 5.41) is 3.33. The van der Waals surface area contributed by atoms with Gasteiger partial charge in [0.2, 0.25) is 5.82 Å². The normalized spacial score (nSPS) is 21.0. The molecule has 0 amide bonds. The first kappa shape index (κ1) is 30.2. The van der Waals surface area contributed by atoms with E-state index in [0.717, 1.165) is 41.8 Å². The van der Waals surface area contributed by atoms with Crippen molar-refractivity contribution in [1.29, 1.82) is 0 Å². The summed E-state index contributed by atoms with van der Waals surface area (Å²) in [6.07, 6.45) is 10.0. The Hall–Kier alpha value is -2.80. The number of aromatic nitrogens is 1. The van der Waals surface area contributed by atoms with Crippen molar-refractivity contribution in [2.24, 2.45) is 0 Å². The number of piperidine rings is 1. The third-order valence-corrected chi connectivity index (χ3v) is 9.39. The van der Waals surface area contributed by atoms with E-state index in [1.807, 2.05) is 32.2 Å². The van der Waals surface area contributed by atoms with Crippen LogP contribution in [0.2, 0.25) is 0 Å². The number of allylic oxidation sites excluding steroid dienone is 1. The fourth-order valence-electron chi connectivity index (χ4n) is 6.14. The third kappa shape index (κ3) is 6.40. The molecule has 0 radical (unpaired) electrons. The molecule has 0 saturated carbocycles. The van der Waals surface area contributed by atoms with Gasteiger partial charge in [-0.25, -0.2) is 4.98 Å². The molecule has 4 N–H and O–H groups in total. The van der Waals surface area contributed by atoms with Crippen LogP contribution >= 0.6 is 11.9 Å². The minimum Gasteiger partial charge on any atom is -0.397 e. The van der Waals surface area contributed by atoms with E-state index >= 15 is 0 Å². The largest absolute Gasteiger partial charge is 0.397 e. The zero-order valence-corrected chi connectivity index (χ0v) is 25.9. The topological polar surface area (TPSA) is 63.0 Å². The van der Waals surface area contributed by atoms with Gasteiger partial charge < -0.3 is 11.1 Å². The quantitative estimate of drug-likeness (QED) is 0.0974. The summed E-state index contributed by atoms with van der Waals surface area (Å²) in [4.78, 5) is 5.95. The smallest absolute Gasteiger partial charge is 0.242 e. The Morgan fingerprint density at radius 2 is 2.02 bits per heavy atom. The van der Waals surface area contributed by atoms with E-state index in [0.29, 0.717) is 12.0 Å². The van der Waals surface area contributed by atoms with Crippen molar-refractivity contribution >= 4 is 29.1 Å². The molecule has 3 heterocycles. The highest BCUT2D eigenvalue weighted by atomic mass is 32.2. The molecule has 40 heavy (non-hydrogen) atoms. The summed E-state index contributed by atoms with van der Waals surface area (Å²) in [6, 6.07) is 16.1. The number of anilines is 2. The molecule has 3 unspecified atom stereocenters. The molecule has 1 aromatic heterocycles. The third-order valence-electron chi connectivity index (χ3n) is 8.54. The van der Waals surface area contributed by atoms with Gasteiger partial charge in [-0.3, -0.25) is 9.21 Å². The second kappa shape index (κ2) is 13.7. The maximum atomic E-state index is 6.33. The van der Waals surface area contributed by atoms with Gasteiger partial charge in [-0.1, -0.05) is 44.2 Å². The van der Waals surface area contributed by atoms with Crippen molar-refractivity contribution in [3.8, 4) is 0 Å². The second-order valence-electron chi connectivity index (χ2n) is 11.0. The first-order valence-electron chi connectivity index (χ1n) is 15.0. The van der Waals surface area contributed by atoms with Crippen molar-refractivity contribution < 1.29 is 0 Å². The van der Waals surface area contributed by atoms with E-state index in [1.54, 1.807) is 11.9 Å². The van der Waals surface area contributed by atoms with E-state index in [2.05, 4.69) is 78.9 Å². The van der Waals surface area contributed by atoms with Gasteiger partial charge in [0.25, 0.3) is 0 Å². The van der Waals surface area contributed by atoms with Crippen LogP contribution in [0.3, 0.4) is 0 Å². The summed E-state index contributed by atoms with van der Waals surface area (Å²) in [5.41, 5.74) is 15.0. The predicted molar refractivity (Wildman–Crippen MR) is 175 cm³/mol. The lowest BCUT2D eigenvalue weighted by Crippen LogP contribution is -2.59. The Morgan fingerprint density at radius 3 is 2.77 bits per heavy atom. The molecule has 0 bridgehead atoms. The van der Waals surface area contributed by atoms with E-state index in [1.165, 1.54) is 64.3 Å². The predicted octanol–water partition coefficient (Wildman–Crippen LogP) is 7.83. The maximum Gasteiger partial charge on any atom is 0.242 e. The van der Waals surface area contributed by atoms with Crippen molar-refractivity contribution in [2.45, 2.75) is 76.7 Å². The van der Waals surface area contributed by atoms with Crippen LogP contribution in [0.1, 0.15) is 80.2 Å². The van der Waals surface area contributed by atoms with Gasteiger partial charge in [0.15, 0.2) is 0 Å². The highest BCUT2D eigenvalue weighted by molar-refractivity contribution is 7.97. The fraction of sp³-hybridized carbons (Fsp3) is 0.441. The van der Waals surface area contributed by atoms with Gasteiger partial charge >= 0.3 is 0 Å². The second-order valence-corrected chi connectivity index (χ2v) is 11.9. The first-order valence-corrected chi connectivity index (χ1v) is 15.8. The number of likely N-dealkylation sites (N-methyl/N-ethyl adjacent to an activating group) is 1. The van der Waals surface area contributed by atoms with Crippen LogP contribution in [0.5, 0.6) is 0 Å². The molecule has 6 rings (SSSR count). The monoisotopic (exact) mass is 558 g/mol. The summed E-state index contributed by atoms with van der Waals surface area (Å²) < 4.78 is 4.51. The molecule has 5 nitrogen and oxygen atoms in total. The number of pyridine rings is 1. The van der Waals surface area contributed by atoms with Gasteiger partial charge in [0.05, 0.1) is 31.5 Å². The molecule has 2 aliphatic heterocycles. The Bertz CT molecular complexity index is 1310. The van der Waals surface area contributed by atoms with Crippen LogP contribution in [-0.4, -0.2) is 37.7 Å². The molecule has 3 aromatic rings. The van der Waals surface area contributed by atoms with Crippen molar-refractivity contribution in [3.05, 3.63) is 89.1 Å². The number of fused-ring (bicyclic) bond motifs is 4. The zero-order chi connectivity index (χ0) is 28.7. The highest BCUT2D eigenvalue weighted by Gasteiger charge is 2.41. The lowest BCUT2D eigenvalue weighted by Gasteiger charge is -2.42. The average Bonchev–Trinajstić information content (AvgIpc) is 3.78. The zero-order valence-electron chi connectivity index (χ0n) is 25.1. The van der Waals surface area contributed by atoms with Crippen LogP contribution < -0.4 is 20.3 Å². The number of nitrogens with two attached hydrogens (primary N) is 1. The van der Waals surface area contributed by atoms with Gasteiger partial charge in [-0.2, -0.15) is 0 Å². The summed E-state index contributed by atoms with van der Waals surface area (Å²) >= 11 is 1.75.